The fourth-order valence-electron chi connectivity index (χ4n) is 2.53. The molecule has 0 unspecified atom stereocenters. The van der Waals surface area contributed by atoms with Crippen molar-refractivity contribution >= 4 is 0 Å². The molecule has 0 amide bonds. The van der Waals surface area contributed by atoms with Gasteiger partial charge in [-0.15, -0.1) is 0 Å². The average Bonchev–Trinajstić information content (AvgIpc) is 2.85. The van der Waals surface area contributed by atoms with E-state index in [1.165, 1.54) is 83.8 Å². The number of unbranched alkanes of at least 4 members (excludes halogenated alkanes) is 9. The maximum atomic E-state index is 2.53. The first-order valence-electron chi connectivity index (χ1n) is 7.81. The van der Waals surface area contributed by atoms with Crippen LogP contribution in [0.3, 0.4) is 0 Å². The van der Waals surface area contributed by atoms with Gasteiger partial charge in [-0.25, -0.2) is 0 Å². The van der Waals surface area contributed by atoms with Gasteiger partial charge in [-0.05, 0) is 13.0 Å². The molecule has 0 saturated carbocycles. The number of rotatable bonds is 11. The summed E-state index contributed by atoms with van der Waals surface area (Å²) in [6.07, 6.45) is 19.0. The van der Waals surface area contributed by atoms with Crippen LogP contribution in [0.15, 0.2) is 12.2 Å². The minimum absolute atomic E-state index is 1.19. The second-order valence-corrected chi connectivity index (χ2v) is 5.41. The maximum absolute atomic E-state index is 2.53. The Hall–Kier alpha value is -0.300. The van der Waals surface area contributed by atoms with Crippen molar-refractivity contribution in [2.75, 3.05) is 19.6 Å². The second-order valence-electron chi connectivity index (χ2n) is 5.41. The molecular formula is C16H31N. The molecule has 0 fully saturated rings. The SMILES string of the molecule is CCCCCCCCCCCCN1CC=CC1. The van der Waals surface area contributed by atoms with Gasteiger partial charge < -0.3 is 0 Å². The summed E-state index contributed by atoms with van der Waals surface area (Å²) in [5, 5.41) is 0. The monoisotopic (exact) mass is 237 g/mol. The van der Waals surface area contributed by atoms with Crippen molar-refractivity contribution in [3.05, 3.63) is 12.2 Å². The number of hydrogen-bond donors (Lipinski definition) is 0. The van der Waals surface area contributed by atoms with E-state index in [0.717, 1.165) is 0 Å². The summed E-state index contributed by atoms with van der Waals surface area (Å²) in [5.74, 6) is 0. The summed E-state index contributed by atoms with van der Waals surface area (Å²) in [4.78, 5) is 2.53. The minimum atomic E-state index is 1.19. The fraction of sp³-hybridized carbons (Fsp3) is 0.875. The van der Waals surface area contributed by atoms with E-state index in [1.807, 2.05) is 0 Å². The van der Waals surface area contributed by atoms with E-state index < -0.39 is 0 Å². The van der Waals surface area contributed by atoms with Crippen LogP contribution in [0.1, 0.15) is 71.1 Å². The van der Waals surface area contributed by atoms with E-state index in [9.17, 15) is 0 Å². The van der Waals surface area contributed by atoms with Crippen molar-refractivity contribution in [2.24, 2.45) is 0 Å². The largest absolute Gasteiger partial charge is 0.296 e. The van der Waals surface area contributed by atoms with Crippen molar-refractivity contribution in [1.29, 1.82) is 0 Å². The third-order valence-electron chi connectivity index (χ3n) is 3.72. The molecule has 0 saturated heterocycles. The van der Waals surface area contributed by atoms with Gasteiger partial charge in [0.05, 0.1) is 0 Å². The molecule has 1 rings (SSSR count). The molecule has 0 radical (unpaired) electrons. The summed E-state index contributed by atoms with van der Waals surface area (Å²) >= 11 is 0. The Morgan fingerprint density at radius 2 is 1.18 bits per heavy atom. The molecule has 0 atom stereocenters. The quantitative estimate of drug-likeness (QED) is 0.369. The molecule has 0 aromatic heterocycles. The first kappa shape index (κ1) is 14.8. The van der Waals surface area contributed by atoms with Crippen molar-refractivity contribution in [3.63, 3.8) is 0 Å². The Labute approximate surface area is 108 Å². The number of nitrogens with zero attached hydrogens (tertiary/aromatic N) is 1. The lowest BCUT2D eigenvalue weighted by Gasteiger charge is -2.13. The zero-order chi connectivity index (χ0) is 12.2. The van der Waals surface area contributed by atoms with E-state index in [2.05, 4.69) is 24.0 Å². The van der Waals surface area contributed by atoms with Gasteiger partial charge in [0.15, 0.2) is 0 Å². The molecule has 0 spiro atoms. The van der Waals surface area contributed by atoms with Crippen LogP contribution in [0, 0.1) is 0 Å². The van der Waals surface area contributed by atoms with Gasteiger partial charge in [0.2, 0.25) is 0 Å². The van der Waals surface area contributed by atoms with Crippen LogP contribution in [-0.2, 0) is 0 Å². The standard InChI is InChI=1S/C16H31N/c1-2-3-4-5-6-7-8-9-10-11-14-17-15-12-13-16-17/h12-13H,2-11,14-16H2,1H3. The van der Waals surface area contributed by atoms with E-state index in [1.54, 1.807) is 0 Å². The van der Waals surface area contributed by atoms with Gasteiger partial charge in [0.1, 0.15) is 0 Å². The van der Waals surface area contributed by atoms with Gasteiger partial charge in [-0.1, -0.05) is 76.9 Å². The molecule has 1 nitrogen and oxygen atoms in total. The highest BCUT2D eigenvalue weighted by Crippen LogP contribution is 2.11. The Bertz CT molecular complexity index is 178. The summed E-state index contributed by atoms with van der Waals surface area (Å²) in [6, 6.07) is 0. The van der Waals surface area contributed by atoms with Crippen LogP contribution in [0.25, 0.3) is 0 Å². The molecule has 1 aliphatic rings. The van der Waals surface area contributed by atoms with Gasteiger partial charge in [-0.2, -0.15) is 0 Å². The van der Waals surface area contributed by atoms with E-state index >= 15 is 0 Å². The molecule has 17 heavy (non-hydrogen) atoms. The summed E-state index contributed by atoms with van der Waals surface area (Å²) in [6.45, 7) is 5.98. The first-order valence-corrected chi connectivity index (χ1v) is 7.81. The highest BCUT2D eigenvalue weighted by atomic mass is 15.1. The predicted octanol–water partition coefficient (Wildman–Crippen LogP) is 4.78. The van der Waals surface area contributed by atoms with Crippen molar-refractivity contribution in [3.8, 4) is 0 Å². The molecule has 0 aromatic carbocycles. The summed E-state index contributed by atoms with van der Waals surface area (Å²) in [7, 11) is 0. The van der Waals surface area contributed by atoms with E-state index in [0.29, 0.717) is 0 Å². The smallest absolute Gasteiger partial charge is 0.0166 e. The molecule has 1 heteroatoms. The maximum Gasteiger partial charge on any atom is 0.0166 e. The molecule has 0 aliphatic carbocycles. The number of hydrogen-bond acceptors (Lipinski definition) is 1. The van der Waals surface area contributed by atoms with Crippen molar-refractivity contribution in [1.82, 2.24) is 4.90 Å². The van der Waals surface area contributed by atoms with Crippen LogP contribution in [-0.4, -0.2) is 24.5 Å². The predicted molar refractivity (Wildman–Crippen MR) is 77.4 cm³/mol. The highest BCUT2D eigenvalue weighted by Gasteiger charge is 2.04. The lowest BCUT2D eigenvalue weighted by atomic mass is 10.1. The first-order chi connectivity index (χ1) is 8.43. The zero-order valence-corrected chi connectivity index (χ0v) is 11.8. The molecule has 1 aliphatic heterocycles. The van der Waals surface area contributed by atoms with Crippen molar-refractivity contribution < 1.29 is 0 Å². The molecule has 0 aromatic rings. The fourth-order valence-corrected chi connectivity index (χ4v) is 2.53. The molecule has 0 N–H and O–H groups in total. The summed E-state index contributed by atoms with van der Waals surface area (Å²) in [5.41, 5.74) is 0. The average molecular weight is 237 g/mol. The Balaban J connectivity index is 1.69. The van der Waals surface area contributed by atoms with Crippen LogP contribution in [0.2, 0.25) is 0 Å². The van der Waals surface area contributed by atoms with Crippen molar-refractivity contribution in [2.45, 2.75) is 71.1 Å². The van der Waals surface area contributed by atoms with E-state index in [-0.39, 0.29) is 0 Å². The van der Waals surface area contributed by atoms with Crippen LogP contribution >= 0.6 is 0 Å². The molecule has 1 heterocycles. The second kappa shape index (κ2) is 10.8. The van der Waals surface area contributed by atoms with Gasteiger partial charge in [0.25, 0.3) is 0 Å². The normalized spacial score (nSPS) is 15.8. The Morgan fingerprint density at radius 1 is 0.706 bits per heavy atom. The van der Waals surface area contributed by atoms with Crippen LogP contribution in [0.5, 0.6) is 0 Å². The molecule has 100 valence electrons. The molecular weight excluding hydrogens is 206 g/mol. The molecule has 0 bridgehead atoms. The third-order valence-corrected chi connectivity index (χ3v) is 3.72. The highest BCUT2D eigenvalue weighted by molar-refractivity contribution is 4.94. The minimum Gasteiger partial charge on any atom is -0.296 e. The van der Waals surface area contributed by atoms with E-state index in [4.69, 9.17) is 0 Å². The third kappa shape index (κ3) is 8.43. The van der Waals surface area contributed by atoms with Crippen LogP contribution < -0.4 is 0 Å². The Morgan fingerprint density at radius 3 is 1.71 bits per heavy atom. The zero-order valence-electron chi connectivity index (χ0n) is 11.8. The van der Waals surface area contributed by atoms with Gasteiger partial charge in [0, 0.05) is 13.1 Å². The Kier molecular flexibility index (Phi) is 9.40. The lowest BCUT2D eigenvalue weighted by Crippen LogP contribution is -2.20. The summed E-state index contributed by atoms with van der Waals surface area (Å²) < 4.78 is 0. The topological polar surface area (TPSA) is 3.24 Å². The van der Waals surface area contributed by atoms with Gasteiger partial charge in [-0.3, -0.25) is 4.90 Å². The van der Waals surface area contributed by atoms with Crippen LogP contribution in [0.4, 0.5) is 0 Å². The van der Waals surface area contributed by atoms with Gasteiger partial charge >= 0.3 is 0 Å². The lowest BCUT2D eigenvalue weighted by molar-refractivity contribution is 0.340.